The maximum absolute atomic E-state index is 13.6. The third-order valence-corrected chi connectivity index (χ3v) is 2.09. The van der Waals surface area contributed by atoms with Crippen molar-refractivity contribution in [2.45, 2.75) is 13.3 Å². The van der Waals surface area contributed by atoms with Gasteiger partial charge in [-0.05, 0) is 12.5 Å². The van der Waals surface area contributed by atoms with Gasteiger partial charge in [-0.3, -0.25) is 4.79 Å². The molecule has 86 valence electrons. The lowest BCUT2D eigenvalue weighted by Crippen LogP contribution is -2.35. The Kier molecular flexibility index (Phi) is 4.45. The van der Waals surface area contributed by atoms with Crippen LogP contribution >= 0.6 is 0 Å². The van der Waals surface area contributed by atoms with E-state index in [9.17, 15) is 9.18 Å². The highest BCUT2D eigenvalue weighted by molar-refractivity contribution is 6.58. The molecule has 0 radical (unpaired) electrons. The molecule has 0 saturated heterocycles. The summed E-state index contributed by atoms with van der Waals surface area (Å²) in [5.74, 6) is -1.45. The minimum atomic E-state index is -1.92. The van der Waals surface area contributed by atoms with Crippen LogP contribution in [0.4, 0.5) is 4.39 Å². The van der Waals surface area contributed by atoms with Gasteiger partial charge in [0.05, 0.1) is 5.56 Å². The maximum Gasteiger partial charge on any atom is 0.491 e. The third kappa shape index (κ3) is 2.80. The molecular weight excluding hydrogens is 212 g/mol. The van der Waals surface area contributed by atoms with Gasteiger partial charge >= 0.3 is 7.12 Å². The smallest absolute Gasteiger partial charge is 0.423 e. The zero-order valence-electron chi connectivity index (χ0n) is 8.90. The van der Waals surface area contributed by atoms with Crippen molar-refractivity contribution >= 4 is 18.5 Å². The Balaban J connectivity index is 2.96. The second kappa shape index (κ2) is 5.62. The van der Waals surface area contributed by atoms with Crippen molar-refractivity contribution in [3.8, 4) is 0 Å². The quantitative estimate of drug-likeness (QED) is 0.613. The van der Waals surface area contributed by atoms with Gasteiger partial charge in [-0.15, -0.1) is 0 Å². The highest BCUT2D eigenvalue weighted by Gasteiger charge is 2.21. The molecule has 0 saturated carbocycles. The number of benzene rings is 1. The number of nitrogens with one attached hydrogen (secondary N) is 1. The van der Waals surface area contributed by atoms with Gasteiger partial charge in [0.1, 0.15) is 5.82 Å². The van der Waals surface area contributed by atoms with Crippen LogP contribution in [0.5, 0.6) is 0 Å². The van der Waals surface area contributed by atoms with Crippen molar-refractivity contribution in [1.29, 1.82) is 0 Å². The van der Waals surface area contributed by atoms with E-state index in [4.69, 9.17) is 10.0 Å². The molecule has 0 atom stereocenters. The first-order valence-corrected chi connectivity index (χ1v) is 5.00. The van der Waals surface area contributed by atoms with Crippen LogP contribution in [0.2, 0.25) is 0 Å². The molecule has 0 aliphatic rings. The predicted molar refractivity (Wildman–Crippen MR) is 58.8 cm³/mol. The van der Waals surface area contributed by atoms with Gasteiger partial charge in [0.25, 0.3) is 5.91 Å². The Morgan fingerprint density at radius 3 is 2.75 bits per heavy atom. The van der Waals surface area contributed by atoms with Crippen LogP contribution in [0.15, 0.2) is 18.2 Å². The summed E-state index contributed by atoms with van der Waals surface area (Å²) >= 11 is 0. The lowest BCUT2D eigenvalue weighted by atomic mass is 9.79. The number of rotatable bonds is 4. The van der Waals surface area contributed by atoms with Gasteiger partial charge < -0.3 is 15.4 Å². The zero-order valence-corrected chi connectivity index (χ0v) is 8.90. The lowest BCUT2D eigenvalue weighted by Gasteiger charge is -2.07. The highest BCUT2D eigenvalue weighted by atomic mass is 19.1. The Morgan fingerprint density at radius 1 is 1.50 bits per heavy atom. The molecule has 0 aliphatic heterocycles. The van der Waals surface area contributed by atoms with Crippen LogP contribution < -0.4 is 10.8 Å². The molecule has 3 N–H and O–H groups in total. The van der Waals surface area contributed by atoms with Crippen LogP contribution in [-0.4, -0.2) is 29.6 Å². The van der Waals surface area contributed by atoms with E-state index in [2.05, 4.69) is 5.32 Å². The molecule has 0 aromatic heterocycles. The molecule has 0 spiro atoms. The largest absolute Gasteiger partial charge is 0.491 e. The van der Waals surface area contributed by atoms with Gasteiger partial charge in [-0.25, -0.2) is 4.39 Å². The maximum atomic E-state index is 13.6. The van der Waals surface area contributed by atoms with Gasteiger partial charge in [0, 0.05) is 12.0 Å². The molecule has 0 aliphatic carbocycles. The fourth-order valence-electron chi connectivity index (χ4n) is 1.26. The van der Waals surface area contributed by atoms with Crippen LogP contribution in [0, 0.1) is 5.82 Å². The summed E-state index contributed by atoms with van der Waals surface area (Å²) in [7, 11) is -1.92. The molecule has 1 aromatic rings. The fourth-order valence-corrected chi connectivity index (χ4v) is 1.26. The average Bonchev–Trinajstić information content (AvgIpc) is 2.25. The Labute approximate surface area is 93.2 Å². The highest BCUT2D eigenvalue weighted by Crippen LogP contribution is 2.04. The van der Waals surface area contributed by atoms with Gasteiger partial charge in [0.2, 0.25) is 0 Å². The SMILES string of the molecule is CCCNC(=O)c1cccc(B(O)O)c1F. The Bertz CT molecular complexity index is 384. The van der Waals surface area contributed by atoms with Crippen LogP contribution in [0.1, 0.15) is 23.7 Å². The summed E-state index contributed by atoms with van der Waals surface area (Å²) in [6.07, 6.45) is 0.746. The monoisotopic (exact) mass is 225 g/mol. The van der Waals surface area contributed by atoms with Gasteiger partial charge in [-0.1, -0.05) is 19.1 Å². The van der Waals surface area contributed by atoms with Crippen LogP contribution in [0.25, 0.3) is 0 Å². The molecule has 0 fully saturated rings. The molecule has 4 nitrogen and oxygen atoms in total. The van der Waals surface area contributed by atoms with Crippen molar-refractivity contribution in [2.24, 2.45) is 0 Å². The standard InChI is InChI=1S/C10H13BFNO3/c1-2-6-13-10(14)7-4-3-5-8(9(7)12)11(15)16/h3-5,15-16H,2,6H2,1H3,(H,13,14). The molecule has 0 heterocycles. The molecule has 6 heteroatoms. The van der Waals surface area contributed by atoms with Crippen molar-refractivity contribution in [3.63, 3.8) is 0 Å². The number of carbonyl (C=O) groups is 1. The van der Waals surface area contributed by atoms with E-state index in [1.54, 1.807) is 0 Å². The van der Waals surface area contributed by atoms with Gasteiger partial charge in [0.15, 0.2) is 0 Å². The summed E-state index contributed by atoms with van der Waals surface area (Å²) in [6, 6.07) is 3.92. The first kappa shape index (κ1) is 12.7. The van der Waals surface area contributed by atoms with Crippen molar-refractivity contribution in [2.75, 3.05) is 6.54 Å². The molecule has 0 bridgehead atoms. The molecule has 1 amide bonds. The molecule has 1 rings (SSSR count). The second-order valence-electron chi connectivity index (χ2n) is 3.34. The number of carbonyl (C=O) groups excluding carboxylic acids is 1. The lowest BCUT2D eigenvalue weighted by molar-refractivity contribution is 0.0950. The zero-order chi connectivity index (χ0) is 12.1. The first-order valence-electron chi connectivity index (χ1n) is 5.00. The Hall–Kier alpha value is -1.40. The molecule has 1 aromatic carbocycles. The van der Waals surface area contributed by atoms with E-state index in [1.807, 2.05) is 6.92 Å². The summed E-state index contributed by atoms with van der Waals surface area (Å²) in [5, 5.41) is 20.3. The summed E-state index contributed by atoms with van der Waals surface area (Å²) in [5.41, 5.74) is -0.483. The second-order valence-corrected chi connectivity index (χ2v) is 3.34. The van der Waals surface area contributed by atoms with E-state index in [-0.39, 0.29) is 11.0 Å². The minimum Gasteiger partial charge on any atom is -0.423 e. The molecule has 0 unspecified atom stereocenters. The predicted octanol–water partition coefficient (Wildman–Crippen LogP) is -0.355. The van der Waals surface area contributed by atoms with E-state index >= 15 is 0 Å². The summed E-state index contributed by atoms with van der Waals surface area (Å²) in [6.45, 7) is 2.33. The average molecular weight is 225 g/mol. The van der Waals surface area contributed by atoms with Crippen LogP contribution in [-0.2, 0) is 0 Å². The van der Waals surface area contributed by atoms with Gasteiger partial charge in [-0.2, -0.15) is 0 Å². The molecular formula is C10H13BFNO3. The number of amides is 1. The Morgan fingerprint density at radius 2 is 2.19 bits per heavy atom. The minimum absolute atomic E-state index is 0.181. The number of hydrogen-bond donors (Lipinski definition) is 3. The van der Waals surface area contributed by atoms with Crippen molar-refractivity contribution < 1.29 is 19.2 Å². The fraction of sp³-hybridized carbons (Fsp3) is 0.300. The van der Waals surface area contributed by atoms with E-state index in [0.717, 1.165) is 6.42 Å². The molecule has 16 heavy (non-hydrogen) atoms. The van der Waals surface area contributed by atoms with E-state index < -0.39 is 18.8 Å². The topological polar surface area (TPSA) is 69.6 Å². The number of halogens is 1. The first-order chi connectivity index (χ1) is 7.57. The van der Waals surface area contributed by atoms with E-state index in [0.29, 0.717) is 6.54 Å². The van der Waals surface area contributed by atoms with Crippen molar-refractivity contribution in [1.82, 2.24) is 5.32 Å². The van der Waals surface area contributed by atoms with E-state index in [1.165, 1.54) is 18.2 Å². The van der Waals surface area contributed by atoms with Crippen molar-refractivity contribution in [3.05, 3.63) is 29.6 Å². The summed E-state index contributed by atoms with van der Waals surface area (Å²) in [4.78, 5) is 11.5. The summed E-state index contributed by atoms with van der Waals surface area (Å²) < 4.78 is 13.6. The normalized spacial score (nSPS) is 10.0. The van der Waals surface area contributed by atoms with Crippen LogP contribution in [0.3, 0.4) is 0 Å². The number of hydrogen-bond acceptors (Lipinski definition) is 3. The third-order valence-electron chi connectivity index (χ3n) is 2.09.